The molecule has 0 aromatic heterocycles. The standard InChI is InChI=1S/C12H7F17O/c1-3(2)30-5(8(15,16)17)4(6(13,9(18,19)20)10(21,22)23)7(14,11(24,25)26)12(27,28)29/h3H,1-2H3. The summed E-state index contributed by atoms with van der Waals surface area (Å²) in [6.45, 7) is 0.594. The van der Waals surface area contributed by atoms with Crippen molar-refractivity contribution in [3.8, 4) is 0 Å². The number of hydrogen-bond donors (Lipinski definition) is 0. The van der Waals surface area contributed by atoms with Crippen LogP contribution in [0.5, 0.6) is 0 Å². The fourth-order valence-corrected chi connectivity index (χ4v) is 1.94. The van der Waals surface area contributed by atoms with Crippen LogP contribution in [0.1, 0.15) is 13.8 Å². The van der Waals surface area contributed by atoms with E-state index >= 15 is 0 Å². The topological polar surface area (TPSA) is 9.23 Å². The molecule has 0 saturated carbocycles. The maximum absolute atomic E-state index is 14.1. The molecule has 0 amide bonds. The van der Waals surface area contributed by atoms with Crippen LogP contribution >= 0.6 is 0 Å². The van der Waals surface area contributed by atoms with Crippen LogP contribution in [-0.2, 0) is 4.74 Å². The number of halogens is 17. The summed E-state index contributed by atoms with van der Waals surface area (Å²) in [6.07, 6.45) is -41.4. The molecule has 0 aliphatic rings. The molecule has 0 aliphatic carbocycles. The van der Waals surface area contributed by atoms with Gasteiger partial charge in [0.15, 0.2) is 0 Å². The largest absolute Gasteiger partial charge is 0.486 e. The lowest BCUT2D eigenvalue weighted by molar-refractivity contribution is -0.366. The molecule has 0 spiro atoms. The van der Waals surface area contributed by atoms with Gasteiger partial charge in [0.25, 0.3) is 0 Å². The molecule has 0 saturated heterocycles. The van der Waals surface area contributed by atoms with Crippen LogP contribution in [0.4, 0.5) is 74.6 Å². The van der Waals surface area contributed by atoms with Crippen molar-refractivity contribution < 1.29 is 79.4 Å². The molecular weight excluding hydrogens is 483 g/mol. The second-order valence-electron chi connectivity index (χ2n) is 5.68. The third-order valence-corrected chi connectivity index (χ3v) is 3.09. The Kier molecular flexibility index (Phi) is 7.08. The summed E-state index contributed by atoms with van der Waals surface area (Å²) in [7, 11) is 0. The summed E-state index contributed by atoms with van der Waals surface area (Å²) < 4.78 is 224. The molecule has 0 N–H and O–H groups in total. The predicted molar refractivity (Wildman–Crippen MR) is 61.2 cm³/mol. The van der Waals surface area contributed by atoms with Crippen molar-refractivity contribution >= 4 is 0 Å². The Bertz CT molecular complexity index is 570. The Labute approximate surface area is 154 Å². The molecule has 30 heavy (non-hydrogen) atoms. The van der Waals surface area contributed by atoms with E-state index in [0.29, 0.717) is 13.8 Å². The Hall–Kier alpha value is -1.65. The summed E-state index contributed by atoms with van der Waals surface area (Å²) in [5, 5.41) is 0. The van der Waals surface area contributed by atoms with Crippen LogP contribution < -0.4 is 0 Å². The van der Waals surface area contributed by atoms with Gasteiger partial charge in [0.05, 0.1) is 11.7 Å². The minimum absolute atomic E-state index is 0.297. The maximum Gasteiger partial charge on any atom is 0.449 e. The van der Waals surface area contributed by atoms with Gasteiger partial charge in [-0.2, -0.15) is 65.9 Å². The van der Waals surface area contributed by atoms with Gasteiger partial charge in [-0.3, -0.25) is 0 Å². The highest BCUT2D eigenvalue weighted by Gasteiger charge is 2.87. The molecule has 1 nitrogen and oxygen atoms in total. The minimum atomic E-state index is -8.13. The Morgan fingerprint density at radius 1 is 0.500 bits per heavy atom. The van der Waals surface area contributed by atoms with Crippen LogP contribution in [0.3, 0.4) is 0 Å². The monoisotopic (exact) mass is 490 g/mol. The first-order valence-corrected chi connectivity index (χ1v) is 6.81. The number of rotatable bonds is 4. The highest BCUT2D eigenvalue weighted by Crippen LogP contribution is 2.63. The fourth-order valence-electron chi connectivity index (χ4n) is 1.94. The van der Waals surface area contributed by atoms with Crippen LogP contribution in [-0.4, -0.2) is 48.3 Å². The summed E-state index contributed by atoms with van der Waals surface area (Å²) in [5.41, 5.74) is -21.7. The molecule has 0 heterocycles. The molecule has 0 bridgehead atoms. The van der Waals surface area contributed by atoms with E-state index in [4.69, 9.17) is 0 Å². The summed E-state index contributed by atoms with van der Waals surface area (Å²) in [4.78, 5) is 0. The van der Waals surface area contributed by atoms with Crippen molar-refractivity contribution in [1.82, 2.24) is 0 Å². The zero-order valence-corrected chi connectivity index (χ0v) is 13.9. The molecule has 0 unspecified atom stereocenters. The van der Waals surface area contributed by atoms with Gasteiger partial charge in [-0.05, 0) is 13.8 Å². The van der Waals surface area contributed by atoms with E-state index in [9.17, 15) is 74.6 Å². The van der Waals surface area contributed by atoms with E-state index in [0.717, 1.165) is 0 Å². The molecule has 0 aliphatic heterocycles. The number of alkyl halides is 17. The average Bonchev–Trinajstić information content (AvgIpc) is 2.39. The van der Waals surface area contributed by atoms with Gasteiger partial charge in [-0.1, -0.05) is 0 Å². The summed E-state index contributed by atoms with van der Waals surface area (Å²) in [6, 6.07) is 0. The summed E-state index contributed by atoms with van der Waals surface area (Å²) in [5.74, 6) is -4.44. The molecule has 0 atom stereocenters. The van der Waals surface area contributed by atoms with Crippen LogP contribution in [0.2, 0.25) is 0 Å². The molecule has 0 fully saturated rings. The second kappa shape index (κ2) is 7.49. The number of allylic oxidation sites excluding steroid dienone is 2. The zero-order chi connectivity index (χ0) is 24.9. The minimum Gasteiger partial charge on any atom is -0.486 e. The van der Waals surface area contributed by atoms with Gasteiger partial charge >= 0.3 is 42.2 Å². The average molecular weight is 490 g/mol. The van der Waals surface area contributed by atoms with Crippen LogP contribution in [0.15, 0.2) is 11.3 Å². The molecule has 18 heteroatoms. The second-order valence-corrected chi connectivity index (χ2v) is 5.68. The van der Waals surface area contributed by atoms with Crippen molar-refractivity contribution in [2.24, 2.45) is 0 Å². The van der Waals surface area contributed by atoms with Crippen molar-refractivity contribution in [3.63, 3.8) is 0 Å². The van der Waals surface area contributed by atoms with Crippen LogP contribution in [0, 0.1) is 0 Å². The summed E-state index contributed by atoms with van der Waals surface area (Å²) >= 11 is 0. The van der Waals surface area contributed by atoms with E-state index in [1.165, 1.54) is 0 Å². The van der Waals surface area contributed by atoms with Crippen molar-refractivity contribution in [2.45, 2.75) is 62.2 Å². The van der Waals surface area contributed by atoms with E-state index in [1.54, 1.807) is 0 Å². The third-order valence-electron chi connectivity index (χ3n) is 3.09. The lowest BCUT2D eigenvalue weighted by Gasteiger charge is -2.41. The predicted octanol–water partition coefficient (Wildman–Crippen LogP) is 6.89. The normalized spacial score (nSPS) is 15.5. The SMILES string of the molecule is CC(C)OC(=C(C(F)(C(F)(F)F)C(F)(F)F)C(F)(C(F)(F)F)C(F)(F)F)C(F)(F)F. The van der Waals surface area contributed by atoms with E-state index in [1.807, 2.05) is 0 Å². The molecule has 0 aromatic carbocycles. The zero-order valence-electron chi connectivity index (χ0n) is 13.9. The van der Waals surface area contributed by atoms with Gasteiger partial charge < -0.3 is 4.74 Å². The molecule has 0 aromatic rings. The molecule has 0 rings (SSSR count). The quantitative estimate of drug-likeness (QED) is 0.308. The van der Waals surface area contributed by atoms with Gasteiger partial charge in [0.1, 0.15) is 0 Å². The fraction of sp³-hybridized carbons (Fsp3) is 0.833. The lowest BCUT2D eigenvalue weighted by atomic mass is 9.79. The van der Waals surface area contributed by atoms with E-state index < -0.39 is 59.7 Å². The Morgan fingerprint density at radius 3 is 0.867 bits per heavy atom. The third kappa shape index (κ3) is 4.65. The Balaban J connectivity index is 8.21. The number of ether oxygens (including phenoxy) is 1. The first-order valence-electron chi connectivity index (χ1n) is 6.81. The molecule has 180 valence electrons. The first kappa shape index (κ1) is 28.3. The van der Waals surface area contributed by atoms with E-state index in [-0.39, 0.29) is 0 Å². The van der Waals surface area contributed by atoms with Gasteiger partial charge in [0.2, 0.25) is 5.76 Å². The highest BCUT2D eigenvalue weighted by molar-refractivity contribution is 5.40. The smallest absolute Gasteiger partial charge is 0.449 e. The Morgan fingerprint density at radius 2 is 0.733 bits per heavy atom. The van der Waals surface area contributed by atoms with Crippen molar-refractivity contribution in [1.29, 1.82) is 0 Å². The van der Waals surface area contributed by atoms with Crippen LogP contribution in [0.25, 0.3) is 0 Å². The maximum atomic E-state index is 14.1. The first-order chi connectivity index (χ1) is 12.7. The molecule has 0 radical (unpaired) electrons. The van der Waals surface area contributed by atoms with Gasteiger partial charge in [-0.25, -0.2) is 8.78 Å². The highest BCUT2D eigenvalue weighted by atomic mass is 19.4. The number of hydrogen-bond acceptors (Lipinski definition) is 1. The van der Waals surface area contributed by atoms with Crippen molar-refractivity contribution in [2.75, 3.05) is 0 Å². The van der Waals surface area contributed by atoms with E-state index in [2.05, 4.69) is 4.74 Å². The van der Waals surface area contributed by atoms with Gasteiger partial charge in [0, 0.05) is 0 Å². The van der Waals surface area contributed by atoms with Crippen molar-refractivity contribution in [3.05, 3.63) is 11.3 Å². The van der Waals surface area contributed by atoms with Gasteiger partial charge in [-0.15, -0.1) is 0 Å². The molecular formula is C12H7F17O. The lowest BCUT2D eigenvalue weighted by Crippen LogP contribution is -2.66.